The van der Waals surface area contributed by atoms with Crippen LogP contribution in [0.25, 0.3) is 0 Å². The minimum absolute atomic E-state index is 0. The molecule has 0 spiro atoms. The van der Waals surface area contributed by atoms with Crippen molar-refractivity contribution in [2.24, 2.45) is 4.99 Å². The minimum atomic E-state index is 0. The van der Waals surface area contributed by atoms with Gasteiger partial charge in [-0.3, -0.25) is 0 Å². The lowest BCUT2D eigenvalue weighted by molar-refractivity contribution is 0.573. The van der Waals surface area contributed by atoms with Gasteiger partial charge in [0.15, 0.2) is 5.96 Å². The van der Waals surface area contributed by atoms with Gasteiger partial charge >= 0.3 is 0 Å². The van der Waals surface area contributed by atoms with Crippen molar-refractivity contribution < 1.29 is 0 Å². The number of nitrogens with one attached hydrogen (secondary N) is 2. The Hall–Kier alpha value is -1.35. The van der Waals surface area contributed by atoms with Gasteiger partial charge in [-0.2, -0.15) is 0 Å². The van der Waals surface area contributed by atoms with Crippen molar-refractivity contribution in [3.05, 3.63) is 45.8 Å². The average molecular weight is 499 g/mol. The summed E-state index contributed by atoms with van der Waals surface area (Å²) in [6, 6.07) is 8.57. The Morgan fingerprint density at radius 3 is 2.70 bits per heavy atom. The molecule has 3 rings (SSSR count). The molecule has 0 aromatic carbocycles. The van der Waals surface area contributed by atoms with E-state index in [1.807, 2.05) is 17.5 Å². The van der Waals surface area contributed by atoms with Crippen LogP contribution in [0, 0.1) is 6.92 Å². The van der Waals surface area contributed by atoms with Crippen LogP contribution in [0.1, 0.15) is 41.5 Å². The van der Waals surface area contributed by atoms with Gasteiger partial charge in [-0.25, -0.2) is 9.98 Å². The van der Waals surface area contributed by atoms with Crippen LogP contribution in [0.15, 0.2) is 35.5 Å². The molecule has 1 fully saturated rings. The summed E-state index contributed by atoms with van der Waals surface area (Å²) in [5.41, 5.74) is 1.20. The number of piperidine rings is 1. The van der Waals surface area contributed by atoms with E-state index in [2.05, 4.69) is 58.6 Å². The van der Waals surface area contributed by atoms with Crippen molar-refractivity contribution in [3.63, 3.8) is 0 Å². The monoisotopic (exact) mass is 499 g/mol. The fraction of sp³-hybridized carbons (Fsp3) is 0.500. The van der Waals surface area contributed by atoms with Crippen molar-refractivity contribution in [2.75, 3.05) is 24.5 Å². The summed E-state index contributed by atoms with van der Waals surface area (Å²) in [6.07, 6.45) is 5.77. The number of rotatable bonds is 6. The fourth-order valence-electron chi connectivity index (χ4n) is 3.12. The van der Waals surface area contributed by atoms with Gasteiger partial charge in [0.2, 0.25) is 0 Å². The fourth-order valence-corrected chi connectivity index (χ4v) is 3.95. The number of halogens is 1. The molecule has 0 radical (unpaired) electrons. The molecule has 2 aromatic heterocycles. The Bertz CT molecular complexity index is 725. The molecule has 1 saturated heterocycles. The molecule has 0 amide bonds. The first-order chi connectivity index (χ1) is 12.7. The van der Waals surface area contributed by atoms with E-state index in [-0.39, 0.29) is 24.0 Å². The zero-order valence-electron chi connectivity index (χ0n) is 16.2. The topological polar surface area (TPSA) is 52.6 Å². The van der Waals surface area contributed by atoms with Crippen LogP contribution in [0.4, 0.5) is 5.82 Å². The molecule has 0 saturated carbocycles. The third kappa shape index (κ3) is 6.95. The summed E-state index contributed by atoms with van der Waals surface area (Å²) in [5.74, 6) is 1.94. The maximum Gasteiger partial charge on any atom is 0.191 e. The third-order valence-electron chi connectivity index (χ3n) is 4.48. The Morgan fingerprint density at radius 2 is 2.00 bits per heavy atom. The van der Waals surface area contributed by atoms with E-state index >= 15 is 0 Å². The van der Waals surface area contributed by atoms with Gasteiger partial charge in [0.25, 0.3) is 0 Å². The standard InChI is InChI=1S/C20H29N5S.HI/c1-3-21-20(24-15-18-8-7-16(2)26-18)23-14-17-9-10-22-19(13-17)25-11-5-4-6-12-25;/h7-10,13H,3-6,11-12,14-15H2,1-2H3,(H2,21,23,24);1H. The highest BCUT2D eigenvalue weighted by atomic mass is 127. The Morgan fingerprint density at radius 1 is 1.19 bits per heavy atom. The van der Waals surface area contributed by atoms with Gasteiger partial charge in [0.1, 0.15) is 5.82 Å². The summed E-state index contributed by atoms with van der Waals surface area (Å²) in [4.78, 5) is 14.3. The van der Waals surface area contributed by atoms with Gasteiger partial charge in [0.05, 0.1) is 13.1 Å². The lowest BCUT2D eigenvalue weighted by Crippen LogP contribution is -2.36. The number of aliphatic imine (C=N–C) groups is 1. The third-order valence-corrected chi connectivity index (χ3v) is 5.48. The van der Waals surface area contributed by atoms with Crippen molar-refractivity contribution in [2.45, 2.75) is 46.2 Å². The SMILES string of the molecule is CCNC(=NCc1ccnc(N2CCCCC2)c1)NCc1ccc(C)s1.I. The summed E-state index contributed by atoms with van der Waals surface area (Å²) in [5, 5.41) is 6.75. The van der Waals surface area contributed by atoms with Crippen LogP contribution in [0.2, 0.25) is 0 Å². The lowest BCUT2D eigenvalue weighted by Gasteiger charge is -2.27. The Balaban J connectivity index is 0.00000261. The molecule has 0 bridgehead atoms. The van der Waals surface area contributed by atoms with Crippen molar-refractivity contribution in [3.8, 4) is 0 Å². The van der Waals surface area contributed by atoms with E-state index in [9.17, 15) is 0 Å². The van der Waals surface area contributed by atoms with E-state index in [0.717, 1.165) is 38.0 Å². The molecular weight excluding hydrogens is 469 g/mol. The Labute approximate surface area is 183 Å². The highest BCUT2D eigenvalue weighted by Gasteiger charge is 2.12. The maximum atomic E-state index is 4.74. The highest BCUT2D eigenvalue weighted by Crippen LogP contribution is 2.18. The highest BCUT2D eigenvalue weighted by molar-refractivity contribution is 14.0. The molecule has 0 unspecified atom stereocenters. The number of aryl methyl sites for hydroxylation is 1. The second-order valence-electron chi connectivity index (χ2n) is 6.63. The number of hydrogen-bond acceptors (Lipinski definition) is 4. The molecule has 5 nitrogen and oxygen atoms in total. The first-order valence-electron chi connectivity index (χ1n) is 9.52. The van der Waals surface area contributed by atoms with Crippen molar-refractivity contribution in [1.29, 1.82) is 0 Å². The maximum absolute atomic E-state index is 4.74. The van der Waals surface area contributed by atoms with E-state index in [0.29, 0.717) is 6.54 Å². The Kier molecular flexibility index (Phi) is 9.33. The minimum Gasteiger partial charge on any atom is -0.357 e. The number of pyridine rings is 1. The number of anilines is 1. The molecule has 7 heteroatoms. The van der Waals surface area contributed by atoms with Gasteiger partial charge in [-0.05, 0) is 62.9 Å². The lowest BCUT2D eigenvalue weighted by atomic mass is 10.1. The van der Waals surface area contributed by atoms with Crippen LogP contribution in [-0.4, -0.2) is 30.6 Å². The molecule has 148 valence electrons. The predicted molar refractivity (Wildman–Crippen MR) is 126 cm³/mol. The number of guanidine groups is 1. The molecule has 2 aromatic rings. The smallest absolute Gasteiger partial charge is 0.191 e. The molecule has 1 aliphatic rings. The van der Waals surface area contributed by atoms with Gasteiger partial charge in [-0.15, -0.1) is 35.3 Å². The first kappa shape index (κ1) is 21.9. The first-order valence-corrected chi connectivity index (χ1v) is 10.3. The van der Waals surface area contributed by atoms with Crippen molar-refractivity contribution in [1.82, 2.24) is 15.6 Å². The van der Waals surface area contributed by atoms with Crippen LogP contribution in [-0.2, 0) is 13.1 Å². The van der Waals surface area contributed by atoms with Crippen LogP contribution in [0.3, 0.4) is 0 Å². The number of nitrogens with zero attached hydrogens (tertiary/aromatic N) is 3. The summed E-state index contributed by atoms with van der Waals surface area (Å²) in [6.45, 7) is 8.77. The molecule has 0 aliphatic carbocycles. The molecule has 0 atom stereocenters. The molecule has 3 heterocycles. The number of aromatic nitrogens is 1. The van der Waals surface area contributed by atoms with Gasteiger partial charge in [-0.1, -0.05) is 0 Å². The average Bonchev–Trinajstić information content (AvgIpc) is 3.10. The van der Waals surface area contributed by atoms with Crippen LogP contribution in [0.5, 0.6) is 0 Å². The van der Waals surface area contributed by atoms with Gasteiger partial charge < -0.3 is 15.5 Å². The van der Waals surface area contributed by atoms with Crippen LogP contribution < -0.4 is 15.5 Å². The zero-order chi connectivity index (χ0) is 18.2. The van der Waals surface area contributed by atoms with E-state index in [4.69, 9.17) is 4.99 Å². The second kappa shape index (κ2) is 11.5. The second-order valence-corrected chi connectivity index (χ2v) is 8.00. The molecule has 27 heavy (non-hydrogen) atoms. The molecule has 1 aliphatic heterocycles. The van der Waals surface area contributed by atoms with E-state index < -0.39 is 0 Å². The predicted octanol–water partition coefficient (Wildman–Crippen LogP) is 4.32. The quantitative estimate of drug-likeness (QED) is 0.353. The van der Waals surface area contributed by atoms with E-state index in [1.165, 1.54) is 34.6 Å². The number of thiophene rings is 1. The molecular formula is C20H30IN5S. The number of hydrogen-bond donors (Lipinski definition) is 2. The zero-order valence-corrected chi connectivity index (χ0v) is 19.3. The van der Waals surface area contributed by atoms with Crippen LogP contribution >= 0.6 is 35.3 Å². The molecule has 2 N–H and O–H groups in total. The van der Waals surface area contributed by atoms with E-state index in [1.54, 1.807) is 0 Å². The van der Waals surface area contributed by atoms with Crippen molar-refractivity contribution >= 4 is 47.1 Å². The largest absolute Gasteiger partial charge is 0.357 e. The summed E-state index contributed by atoms with van der Waals surface area (Å²) < 4.78 is 0. The summed E-state index contributed by atoms with van der Waals surface area (Å²) in [7, 11) is 0. The van der Waals surface area contributed by atoms with Gasteiger partial charge in [0, 0.05) is 35.6 Å². The normalized spacial score (nSPS) is 14.6. The summed E-state index contributed by atoms with van der Waals surface area (Å²) >= 11 is 1.82.